The van der Waals surface area contributed by atoms with Crippen LogP contribution in [0.4, 0.5) is 5.69 Å². The second-order valence-electron chi connectivity index (χ2n) is 12.7. The number of amides is 3. The molecule has 6 rings (SSSR count). The Morgan fingerprint density at radius 2 is 1.49 bits per heavy atom. The normalized spacial score (nSPS) is 33.1. The van der Waals surface area contributed by atoms with Gasteiger partial charge in [0.15, 0.2) is 0 Å². The third kappa shape index (κ3) is 4.81. The summed E-state index contributed by atoms with van der Waals surface area (Å²) in [5.41, 5.74) is 1.77. The summed E-state index contributed by atoms with van der Waals surface area (Å²) in [7, 11) is 0. The molecule has 4 fully saturated rings. The number of likely N-dealkylation sites (tertiary alicyclic amines) is 1. The molecule has 2 aliphatic carbocycles. The molecule has 3 heterocycles. The first-order valence-corrected chi connectivity index (χ1v) is 15.3. The zero-order chi connectivity index (χ0) is 27.1. The number of carbonyl (C=O) groups excluding carboxylic acids is 3. The van der Waals surface area contributed by atoms with Gasteiger partial charge in [-0.15, -0.1) is 0 Å². The molecule has 3 aliphatic heterocycles. The average Bonchev–Trinajstić information content (AvgIpc) is 3.51. The van der Waals surface area contributed by atoms with Gasteiger partial charge in [0.2, 0.25) is 17.7 Å². The Hall–Kier alpha value is -2.67. The number of carbonyl (C=O) groups is 3. The summed E-state index contributed by atoms with van der Waals surface area (Å²) < 4.78 is 6.58. The molecule has 7 heteroatoms. The van der Waals surface area contributed by atoms with E-state index < -0.39 is 29.6 Å². The molecule has 39 heavy (non-hydrogen) atoms. The van der Waals surface area contributed by atoms with Crippen LogP contribution in [0.5, 0.6) is 0 Å². The Bertz CT molecular complexity index is 1130. The molecule has 2 N–H and O–H groups in total. The first kappa shape index (κ1) is 26.5. The van der Waals surface area contributed by atoms with Crippen molar-refractivity contribution in [1.82, 2.24) is 10.2 Å². The highest BCUT2D eigenvalue weighted by Crippen LogP contribution is 2.56. The number of hydrogen-bond donors (Lipinski definition) is 2. The zero-order valence-electron chi connectivity index (χ0n) is 23.4. The van der Waals surface area contributed by atoms with E-state index >= 15 is 0 Å². The Morgan fingerprint density at radius 3 is 2.18 bits per heavy atom. The minimum Gasteiger partial charge on any atom is -0.359 e. The quantitative estimate of drug-likeness (QED) is 0.524. The van der Waals surface area contributed by atoms with E-state index in [1.165, 1.54) is 12.8 Å². The Balaban J connectivity index is 1.32. The molecular weight excluding hydrogens is 490 g/mol. The molecule has 2 saturated heterocycles. The Kier molecular flexibility index (Phi) is 7.30. The highest BCUT2D eigenvalue weighted by Gasteiger charge is 2.73. The summed E-state index contributed by atoms with van der Waals surface area (Å²) in [5.74, 6) is -1.75. The lowest BCUT2D eigenvalue weighted by atomic mass is 9.74. The molecule has 5 atom stereocenters. The second kappa shape index (κ2) is 10.7. The molecular formula is C32H43N3O4. The number of nitrogens with zero attached hydrogens (tertiary/aromatic N) is 1. The van der Waals surface area contributed by atoms with Gasteiger partial charge in [-0.1, -0.05) is 69.6 Å². The van der Waals surface area contributed by atoms with Crippen molar-refractivity contribution < 1.29 is 19.1 Å². The maximum Gasteiger partial charge on any atom is 0.246 e. The van der Waals surface area contributed by atoms with Gasteiger partial charge in [0.1, 0.15) is 11.6 Å². The van der Waals surface area contributed by atoms with Gasteiger partial charge in [-0.2, -0.15) is 0 Å². The van der Waals surface area contributed by atoms with Crippen molar-refractivity contribution in [3.63, 3.8) is 0 Å². The van der Waals surface area contributed by atoms with Crippen LogP contribution in [-0.2, 0) is 19.1 Å². The highest BCUT2D eigenvalue weighted by molar-refractivity contribution is 6.03. The van der Waals surface area contributed by atoms with Crippen molar-refractivity contribution in [2.75, 3.05) is 5.32 Å². The lowest BCUT2D eigenvalue weighted by Gasteiger charge is -2.38. The van der Waals surface area contributed by atoms with E-state index in [0.717, 1.165) is 81.0 Å². The lowest BCUT2D eigenvalue weighted by molar-refractivity contribution is -0.144. The fourth-order valence-electron chi connectivity index (χ4n) is 8.11. The highest BCUT2D eigenvalue weighted by atomic mass is 16.5. The van der Waals surface area contributed by atoms with Crippen LogP contribution in [0.25, 0.3) is 0 Å². The van der Waals surface area contributed by atoms with Crippen molar-refractivity contribution in [2.24, 2.45) is 11.8 Å². The molecule has 2 saturated carbocycles. The van der Waals surface area contributed by atoms with Gasteiger partial charge >= 0.3 is 0 Å². The topological polar surface area (TPSA) is 87.7 Å². The smallest absolute Gasteiger partial charge is 0.246 e. The van der Waals surface area contributed by atoms with E-state index in [4.69, 9.17) is 4.74 Å². The number of hydrogen-bond acceptors (Lipinski definition) is 4. The van der Waals surface area contributed by atoms with Gasteiger partial charge < -0.3 is 20.3 Å². The van der Waals surface area contributed by atoms with Crippen LogP contribution in [0.15, 0.2) is 30.4 Å². The van der Waals surface area contributed by atoms with E-state index in [2.05, 4.69) is 16.7 Å². The van der Waals surface area contributed by atoms with Crippen molar-refractivity contribution in [3.8, 4) is 0 Å². The number of rotatable bonds is 5. The molecule has 2 bridgehead atoms. The molecule has 1 aromatic rings. The molecule has 7 nitrogen and oxygen atoms in total. The fourth-order valence-corrected chi connectivity index (χ4v) is 8.11. The molecule has 1 aromatic carbocycles. The van der Waals surface area contributed by atoms with Crippen molar-refractivity contribution in [3.05, 3.63) is 41.5 Å². The number of aryl methyl sites for hydroxylation is 2. The van der Waals surface area contributed by atoms with Crippen molar-refractivity contribution in [2.45, 2.75) is 121 Å². The van der Waals surface area contributed by atoms with Crippen LogP contribution in [0, 0.1) is 25.7 Å². The van der Waals surface area contributed by atoms with Gasteiger partial charge in [0.05, 0.1) is 17.9 Å². The minimum absolute atomic E-state index is 0.000866. The van der Waals surface area contributed by atoms with Crippen LogP contribution in [-0.4, -0.2) is 52.5 Å². The van der Waals surface area contributed by atoms with E-state index in [1.807, 2.05) is 43.0 Å². The van der Waals surface area contributed by atoms with Crippen LogP contribution < -0.4 is 10.6 Å². The lowest BCUT2D eigenvalue weighted by Crippen LogP contribution is -2.58. The van der Waals surface area contributed by atoms with Gasteiger partial charge in [0.25, 0.3) is 0 Å². The van der Waals surface area contributed by atoms with Gasteiger partial charge in [-0.25, -0.2) is 0 Å². The third-order valence-electron chi connectivity index (χ3n) is 9.77. The molecule has 0 radical (unpaired) electrons. The molecule has 1 spiro atoms. The number of nitrogens with one attached hydrogen (secondary N) is 2. The van der Waals surface area contributed by atoms with Crippen molar-refractivity contribution >= 4 is 23.4 Å². The largest absolute Gasteiger partial charge is 0.359 e. The summed E-state index contributed by atoms with van der Waals surface area (Å²) in [6.07, 6.45) is 16.2. The van der Waals surface area contributed by atoms with Gasteiger partial charge in [0, 0.05) is 17.8 Å². The predicted octanol–water partition coefficient (Wildman–Crippen LogP) is 4.95. The summed E-state index contributed by atoms with van der Waals surface area (Å²) >= 11 is 0. The molecule has 0 aromatic heterocycles. The number of anilines is 1. The summed E-state index contributed by atoms with van der Waals surface area (Å²) in [4.78, 5) is 44.2. The van der Waals surface area contributed by atoms with Crippen LogP contribution in [0.1, 0.15) is 88.2 Å². The van der Waals surface area contributed by atoms with Crippen LogP contribution in [0.3, 0.4) is 0 Å². The maximum absolute atomic E-state index is 14.4. The molecule has 0 unspecified atom stereocenters. The average molecular weight is 534 g/mol. The molecule has 5 aliphatic rings. The maximum atomic E-state index is 14.4. The van der Waals surface area contributed by atoms with Crippen LogP contribution >= 0.6 is 0 Å². The molecule has 3 amide bonds. The van der Waals surface area contributed by atoms with E-state index in [9.17, 15) is 14.4 Å². The standard InChI is InChI=1S/C32H43N3O4/c1-20-17-21(2)19-23(18-20)34-29(36)26-25-15-16-32(39-25)27(26)31(38)35(24-13-9-4-3-5-10-14-24)28(32)30(37)33-22-11-7-6-8-12-22/h15-19,22,24-28H,3-14H2,1-2H3,(H,33,37)(H,34,36)/t25-,26+,27-,28+,32-/m0/s1. The van der Waals surface area contributed by atoms with Crippen LogP contribution in [0.2, 0.25) is 0 Å². The summed E-state index contributed by atoms with van der Waals surface area (Å²) in [6.45, 7) is 4.01. The number of benzene rings is 1. The number of ether oxygens (including phenoxy) is 1. The first-order chi connectivity index (χ1) is 18.9. The summed E-state index contributed by atoms with van der Waals surface area (Å²) in [5, 5.41) is 6.40. The monoisotopic (exact) mass is 533 g/mol. The third-order valence-corrected chi connectivity index (χ3v) is 9.77. The second-order valence-corrected chi connectivity index (χ2v) is 12.7. The molecule has 210 valence electrons. The predicted molar refractivity (Wildman–Crippen MR) is 150 cm³/mol. The zero-order valence-corrected chi connectivity index (χ0v) is 23.4. The first-order valence-electron chi connectivity index (χ1n) is 15.3. The van der Waals surface area contributed by atoms with Gasteiger partial charge in [-0.3, -0.25) is 14.4 Å². The summed E-state index contributed by atoms with van der Waals surface area (Å²) in [6, 6.07) is 5.37. The van der Waals surface area contributed by atoms with E-state index in [1.54, 1.807) is 0 Å². The van der Waals surface area contributed by atoms with E-state index in [-0.39, 0.29) is 29.8 Å². The number of fused-ring (bicyclic) bond motifs is 1. The van der Waals surface area contributed by atoms with Gasteiger partial charge in [-0.05, 0) is 62.8 Å². The fraction of sp³-hybridized carbons (Fsp3) is 0.656. The van der Waals surface area contributed by atoms with Crippen molar-refractivity contribution in [1.29, 1.82) is 0 Å². The Labute approximate surface area is 232 Å². The Morgan fingerprint density at radius 1 is 0.872 bits per heavy atom. The minimum atomic E-state index is -1.09. The SMILES string of the molecule is Cc1cc(C)cc(NC(=O)[C@@H]2[C@@H]3C=C[C@]4(O3)[C@@H]2C(=O)N(C2CCCCCCC2)[C@@H]4C(=O)NC2CCCCC2)c1. The van der Waals surface area contributed by atoms with E-state index in [0.29, 0.717) is 0 Å².